The average Bonchev–Trinajstić information content (AvgIpc) is 2.58. The molecule has 1 atom stereocenters. The Hall–Kier alpha value is -0.840. The van der Waals surface area contributed by atoms with Crippen molar-refractivity contribution in [1.82, 2.24) is 14.7 Å². The molecule has 0 bridgehead atoms. The smallest absolute Gasteiger partial charge is 0.0862 e. The zero-order valence-corrected chi connectivity index (χ0v) is 12.5. The molecule has 0 spiro atoms. The Morgan fingerprint density at radius 1 is 1.47 bits per heavy atom. The number of nitrogens with two attached hydrogens (primary N) is 1. The summed E-state index contributed by atoms with van der Waals surface area (Å²) in [6, 6.07) is 0.144. The maximum absolute atomic E-state index is 6.32. The first-order valence-corrected chi connectivity index (χ1v) is 7.28. The first-order chi connectivity index (χ1) is 9.08. The van der Waals surface area contributed by atoms with Crippen LogP contribution in [0.2, 0.25) is 5.02 Å². The molecule has 0 aromatic carbocycles. The summed E-state index contributed by atoms with van der Waals surface area (Å²) < 4.78 is 2.01. The zero-order valence-electron chi connectivity index (χ0n) is 11.8. The predicted octanol–water partition coefficient (Wildman–Crippen LogP) is 2.38. The second-order valence-electron chi connectivity index (χ2n) is 5.47. The highest BCUT2D eigenvalue weighted by Gasteiger charge is 2.17. The summed E-state index contributed by atoms with van der Waals surface area (Å²) in [7, 11) is 4.12. The molecule has 2 N–H and O–H groups in total. The Kier molecular flexibility index (Phi) is 5.02. The van der Waals surface area contributed by atoms with Crippen molar-refractivity contribution in [2.24, 2.45) is 5.73 Å². The summed E-state index contributed by atoms with van der Waals surface area (Å²) in [6.45, 7) is 1.80. The van der Waals surface area contributed by atoms with Crippen LogP contribution in [0, 0.1) is 0 Å². The molecule has 1 aromatic heterocycles. The van der Waals surface area contributed by atoms with Gasteiger partial charge in [-0.05, 0) is 38.9 Å². The molecule has 19 heavy (non-hydrogen) atoms. The summed E-state index contributed by atoms with van der Waals surface area (Å²) >= 11 is 6.32. The number of halogens is 1. The van der Waals surface area contributed by atoms with Crippen molar-refractivity contribution >= 4 is 17.2 Å². The van der Waals surface area contributed by atoms with Crippen LogP contribution in [-0.2, 0) is 6.54 Å². The number of nitrogens with zero attached hydrogens (tertiary/aromatic N) is 3. The summed E-state index contributed by atoms with van der Waals surface area (Å²) in [5.74, 6) is 0. The minimum absolute atomic E-state index is 0.144. The highest BCUT2D eigenvalue weighted by Crippen LogP contribution is 2.30. The van der Waals surface area contributed by atoms with Crippen molar-refractivity contribution < 1.29 is 0 Å². The number of hydrogen-bond donors (Lipinski definition) is 1. The molecule has 1 heterocycles. The normalized spacial score (nSPS) is 20.5. The highest BCUT2D eigenvalue weighted by atomic mass is 35.5. The average molecular weight is 283 g/mol. The largest absolute Gasteiger partial charge is 0.324 e. The van der Waals surface area contributed by atoms with Crippen molar-refractivity contribution in [2.75, 3.05) is 20.6 Å². The van der Waals surface area contributed by atoms with Crippen LogP contribution in [0.5, 0.6) is 0 Å². The molecule has 1 aromatic rings. The van der Waals surface area contributed by atoms with Gasteiger partial charge in [-0.1, -0.05) is 24.1 Å². The summed E-state index contributed by atoms with van der Waals surface area (Å²) in [5.41, 5.74) is 8.41. The van der Waals surface area contributed by atoms with Gasteiger partial charge in [0.1, 0.15) is 0 Å². The van der Waals surface area contributed by atoms with E-state index in [1.165, 1.54) is 18.4 Å². The van der Waals surface area contributed by atoms with E-state index in [1.807, 2.05) is 4.68 Å². The third kappa shape index (κ3) is 3.81. The Morgan fingerprint density at radius 3 is 3.00 bits per heavy atom. The van der Waals surface area contributed by atoms with E-state index in [9.17, 15) is 0 Å². The molecule has 0 radical (unpaired) electrons. The van der Waals surface area contributed by atoms with Gasteiger partial charge < -0.3 is 10.6 Å². The van der Waals surface area contributed by atoms with Crippen molar-refractivity contribution in [3.05, 3.63) is 23.0 Å². The van der Waals surface area contributed by atoms with Gasteiger partial charge >= 0.3 is 0 Å². The molecule has 4 nitrogen and oxygen atoms in total. The van der Waals surface area contributed by atoms with Gasteiger partial charge in [-0.15, -0.1) is 0 Å². The van der Waals surface area contributed by atoms with E-state index < -0.39 is 0 Å². The van der Waals surface area contributed by atoms with E-state index in [0.29, 0.717) is 0 Å². The van der Waals surface area contributed by atoms with Crippen LogP contribution >= 0.6 is 11.6 Å². The van der Waals surface area contributed by atoms with Crippen LogP contribution in [-0.4, -0.2) is 41.4 Å². The van der Waals surface area contributed by atoms with E-state index in [1.54, 1.807) is 6.20 Å². The monoisotopic (exact) mass is 282 g/mol. The van der Waals surface area contributed by atoms with E-state index in [0.717, 1.165) is 36.6 Å². The minimum atomic E-state index is 0.144. The summed E-state index contributed by atoms with van der Waals surface area (Å²) in [4.78, 5) is 2.15. The third-order valence-corrected chi connectivity index (χ3v) is 3.78. The zero-order chi connectivity index (χ0) is 13.8. The third-order valence-electron chi connectivity index (χ3n) is 3.51. The Morgan fingerprint density at radius 2 is 2.26 bits per heavy atom. The van der Waals surface area contributed by atoms with E-state index in [2.05, 4.69) is 30.2 Å². The summed E-state index contributed by atoms with van der Waals surface area (Å²) in [6.07, 6.45) is 8.37. The van der Waals surface area contributed by atoms with Crippen LogP contribution in [0.4, 0.5) is 0 Å². The molecule has 2 rings (SSSR count). The van der Waals surface area contributed by atoms with Gasteiger partial charge in [-0.25, -0.2) is 0 Å². The van der Waals surface area contributed by atoms with E-state index in [-0.39, 0.29) is 6.04 Å². The number of likely N-dealkylation sites (N-methyl/N-ethyl adjacent to an activating group) is 1. The SMILES string of the molecule is CN(C)CCn1ncc(Cl)c1C1=CC(N)CCCC1. The van der Waals surface area contributed by atoms with Crippen LogP contribution in [0.3, 0.4) is 0 Å². The van der Waals surface area contributed by atoms with Gasteiger partial charge in [0.25, 0.3) is 0 Å². The first-order valence-electron chi connectivity index (χ1n) is 6.90. The molecule has 106 valence electrons. The summed E-state index contributed by atoms with van der Waals surface area (Å²) in [5, 5.41) is 5.13. The van der Waals surface area contributed by atoms with Crippen molar-refractivity contribution in [1.29, 1.82) is 0 Å². The molecule has 5 heteroatoms. The van der Waals surface area contributed by atoms with Crippen LogP contribution in [0.25, 0.3) is 5.57 Å². The molecule has 0 aliphatic heterocycles. The molecule has 0 fully saturated rings. The lowest BCUT2D eigenvalue weighted by Crippen LogP contribution is -2.20. The lowest BCUT2D eigenvalue weighted by molar-refractivity contribution is 0.372. The first kappa shape index (κ1) is 14.6. The maximum atomic E-state index is 6.32. The molecular formula is C14H23ClN4. The fraction of sp³-hybridized carbons (Fsp3) is 0.643. The minimum Gasteiger partial charge on any atom is -0.324 e. The molecule has 0 saturated heterocycles. The molecular weight excluding hydrogens is 260 g/mol. The molecule has 1 aliphatic carbocycles. The lowest BCUT2D eigenvalue weighted by Gasteiger charge is -2.14. The molecule has 0 amide bonds. The quantitative estimate of drug-likeness (QED) is 0.922. The maximum Gasteiger partial charge on any atom is 0.0862 e. The Balaban J connectivity index is 2.24. The lowest BCUT2D eigenvalue weighted by atomic mass is 10.1. The van der Waals surface area contributed by atoms with Gasteiger partial charge in [0, 0.05) is 12.6 Å². The van der Waals surface area contributed by atoms with E-state index in [4.69, 9.17) is 17.3 Å². The highest BCUT2D eigenvalue weighted by molar-refractivity contribution is 6.32. The number of aromatic nitrogens is 2. The second kappa shape index (κ2) is 6.55. The van der Waals surface area contributed by atoms with Gasteiger partial charge in [0.05, 0.1) is 23.5 Å². The van der Waals surface area contributed by atoms with Crippen molar-refractivity contribution in [2.45, 2.75) is 38.3 Å². The second-order valence-corrected chi connectivity index (χ2v) is 5.88. The topological polar surface area (TPSA) is 47.1 Å². The van der Waals surface area contributed by atoms with Crippen LogP contribution in [0.15, 0.2) is 12.3 Å². The van der Waals surface area contributed by atoms with Gasteiger partial charge in [0.2, 0.25) is 0 Å². The molecule has 1 aliphatic rings. The fourth-order valence-corrected chi connectivity index (χ4v) is 2.73. The number of allylic oxidation sites excluding steroid dienone is 1. The Bertz CT molecular complexity index is 450. The van der Waals surface area contributed by atoms with Gasteiger partial charge in [-0.2, -0.15) is 5.10 Å². The molecule has 1 unspecified atom stereocenters. The van der Waals surface area contributed by atoms with E-state index >= 15 is 0 Å². The van der Waals surface area contributed by atoms with Crippen molar-refractivity contribution in [3.8, 4) is 0 Å². The number of rotatable bonds is 4. The number of hydrogen-bond acceptors (Lipinski definition) is 3. The fourth-order valence-electron chi connectivity index (χ4n) is 2.46. The van der Waals surface area contributed by atoms with Gasteiger partial charge in [-0.3, -0.25) is 4.68 Å². The molecule has 0 saturated carbocycles. The standard InChI is InChI=1S/C14H23ClN4/c1-18(2)7-8-19-14(13(15)10-17-19)11-5-3-4-6-12(16)9-11/h9-10,12H,3-8,16H2,1-2H3. The van der Waals surface area contributed by atoms with Gasteiger partial charge in [0.15, 0.2) is 0 Å². The predicted molar refractivity (Wildman–Crippen MR) is 80.2 cm³/mol. The van der Waals surface area contributed by atoms with Crippen LogP contribution in [0.1, 0.15) is 31.4 Å². The van der Waals surface area contributed by atoms with Crippen molar-refractivity contribution in [3.63, 3.8) is 0 Å². The Labute approximate surface area is 120 Å². The van der Waals surface area contributed by atoms with Crippen LogP contribution < -0.4 is 5.73 Å².